The van der Waals surface area contributed by atoms with Gasteiger partial charge in [-0.1, -0.05) is 13.8 Å². The van der Waals surface area contributed by atoms with Crippen molar-refractivity contribution in [3.8, 4) is 0 Å². The molecule has 0 aliphatic rings. The highest BCUT2D eigenvalue weighted by atomic mass is 32.2. The Morgan fingerprint density at radius 1 is 1.43 bits per heavy atom. The van der Waals surface area contributed by atoms with Crippen molar-refractivity contribution in [1.82, 2.24) is 5.32 Å². The van der Waals surface area contributed by atoms with Crippen LogP contribution < -0.4 is 11.1 Å². The van der Waals surface area contributed by atoms with Gasteiger partial charge in [0.2, 0.25) is 5.91 Å². The molecule has 0 aromatic rings. The van der Waals surface area contributed by atoms with E-state index < -0.39 is 0 Å². The SMILES string of the molecule is CC(C)CNC(=O)C(C)SCCCN. The highest BCUT2D eigenvalue weighted by Gasteiger charge is 2.12. The first-order valence-electron chi connectivity index (χ1n) is 5.17. The zero-order chi connectivity index (χ0) is 11.0. The van der Waals surface area contributed by atoms with Crippen LogP contribution in [0.5, 0.6) is 0 Å². The summed E-state index contributed by atoms with van der Waals surface area (Å²) in [6.07, 6.45) is 0.979. The third kappa shape index (κ3) is 7.21. The van der Waals surface area contributed by atoms with E-state index in [0.717, 1.165) is 18.7 Å². The molecule has 3 N–H and O–H groups in total. The van der Waals surface area contributed by atoms with E-state index in [2.05, 4.69) is 19.2 Å². The van der Waals surface area contributed by atoms with Crippen LogP contribution in [0.25, 0.3) is 0 Å². The fraction of sp³-hybridized carbons (Fsp3) is 0.900. The van der Waals surface area contributed by atoms with Gasteiger partial charge in [0.25, 0.3) is 0 Å². The van der Waals surface area contributed by atoms with Crippen LogP contribution in [0.4, 0.5) is 0 Å². The molecule has 3 nitrogen and oxygen atoms in total. The summed E-state index contributed by atoms with van der Waals surface area (Å²) in [6.45, 7) is 7.59. The fourth-order valence-corrected chi connectivity index (χ4v) is 1.79. The minimum atomic E-state index is 0.0419. The highest BCUT2D eigenvalue weighted by Crippen LogP contribution is 2.11. The molecule has 4 heteroatoms. The normalized spacial score (nSPS) is 12.9. The largest absolute Gasteiger partial charge is 0.355 e. The van der Waals surface area contributed by atoms with E-state index in [4.69, 9.17) is 5.73 Å². The molecule has 0 aromatic carbocycles. The van der Waals surface area contributed by atoms with Crippen molar-refractivity contribution in [3.63, 3.8) is 0 Å². The van der Waals surface area contributed by atoms with Crippen molar-refractivity contribution in [2.75, 3.05) is 18.8 Å². The van der Waals surface area contributed by atoms with Gasteiger partial charge >= 0.3 is 0 Å². The Kier molecular flexibility index (Phi) is 7.99. The number of hydrogen-bond acceptors (Lipinski definition) is 3. The lowest BCUT2D eigenvalue weighted by atomic mass is 10.2. The lowest BCUT2D eigenvalue weighted by molar-refractivity contribution is -0.120. The first kappa shape index (κ1) is 13.8. The van der Waals surface area contributed by atoms with Gasteiger partial charge in [0.15, 0.2) is 0 Å². The molecule has 84 valence electrons. The molecule has 0 rings (SSSR count). The number of amides is 1. The Balaban J connectivity index is 3.54. The van der Waals surface area contributed by atoms with Gasteiger partial charge in [0.1, 0.15) is 0 Å². The molecule has 1 atom stereocenters. The lowest BCUT2D eigenvalue weighted by Crippen LogP contribution is -2.33. The molecule has 0 aliphatic heterocycles. The summed E-state index contributed by atoms with van der Waals surface area (Å²) in [5.41, 5.74) is 5.38. The van der Waals surface area contributed by atoms with Gasteiger partial charge in [-0.05, 0) is 31.6 Å². The van der Waals surface area contributed by atoms with Gasteiger partial charge in [0, 0.05) is 6.54 Å². The highest BCUT2D eigenvalue weighted by molar-refractivity contribution is 8.00. The van der Waals surface area contributed by atoms with Crippen LogP contribution in [0.2, 0.25) is 0 Å². The summed E-state index contributed by atoms with van der Waals surface area (Å²) in [7, 11) is 0. The van der Waals surface area contributed by atoms with Crippen molar-refractivity contribution in [3.05, 3.63) is 0 Å². The van der Waals surface area contributed by atoms with Gasteiger partial charge in [-0.25, -0.2) is 0 Å². The Morgan fingerprint density at radius 3 is 2.57 bits per heavy atom. The molecule has 1 unspecified atom stereocenters. The molecule has 0 bridgehead atoms. The van der Waals surface area contributed by atoms with E-state index in [1.165, 1.54) is 0 Å². The molecule has 14 heavy (non-hydrogen) atoms. The zero-order valence-electron chi connectivity index (χ0n) is 9.38. The second kappa shape index (κ2) is 8.12. The Morgan fingerprint density at radius 2 is 2.07 bits per heavy atom. The minimum Gasteiger partial charge on any atom is -0.355 e. The number of thioether (sulfide) groups is 1. The fourth-order valence-electron chi connectivity index (χ4n) is 0.868. The van der Waals surface area contributed by atoms with Crippen molar-refractivity contribution in [2.45, 2.75) is 32.4 Å². The van der Waals surface area contributed by atoms with Crippen molar-refractivity contribution in [2.24, 2.45) is 11.7 Å². The predicted octanol–water partition coefficient (Wildman–Crippen LogP) is 1.23. The van der Waals surface area contributed by atoms with Crippen molar-refractivity contribution in [1.29, 1.82) is 0 Å². The van der Waals surface area contributed by atoms with E-state index in [-0.39, 0.29) is 11.2 Å². The summed E-state index contributed by atoms with van der Waals surface area (Å²) in [4.78, 5) is 11.5. The van der Waals surface area contributed by atoms with Crippen molar-refractivity contribution >= 4 is 17.7 Å². The van der Waals surface area contributed by atoms with Gasteiger partial charge in [0.05, 0.1) is 5.25 Å². The maximum atomic E-state index is 11.5. The minimum absolute atomic E-state index is 0.0419. The average molecular weight is 218 g/mol. The first-order chi connectivity index (χ1) is 6.57. The molecule has 0 saturated heterocycles. The second-order valence-electron chi connectivity index (χ2n) is 3.79. The Labute approximate surface area is 91.2 Å². The number of hydrogen-bond donors (Lipinski definition) is 2. The van der Waals surface area contributed by atoms with Crippen LogP contribution in [-0.4, -0.2) is 30.0 Å². The molecule has 0 heterocycles. The molecule has 0 radical (unpaired) electrons. The summed E-state index contributed by atoms with van der Waals surface area (Å²) in [6, 6.07) is 0. The topological polar surface area (TPSA) is 55.1 Å². The van der Waals surface area contributed by atoms with Crippen LogP contribution >= 0.6 is 11.8 Å². The van der Waals surface area contributed by atoms with E-state index >= 15 is 0 Å². The maximum Gasteiger partial charge on any atom is 0.232 e. The number of nitrogens with one attached hydrogen (secondary N) is 1. The van der Waals surface area contributed by atoms with Gasteiger partial charge in [-0.2, -0.15) is 0 Å². The molecule has 0 fully saturated rings. The summed E-state index contributed by atoms with van der Waals surface area (Å²) < 4.78 is 0. The molecule has 0 aromatic heterocycles. The molecule has 0 saturated carbocycles. The van der Waals surface area contributed by atoms with Crippen molar-refractivity contribution < 1.29 is 4.79 Å². The maximum absolute atomic E-state index is 11.5. The summed E-state index contributed by atoms with van der Waals surface area (Å²) >= 11 is 1.67. The number of nitrogens with two attached hydrogens (primary N) is 1. The predicted molar refractivity (Wildman–Crippen MR) is 63.4 cm³/mol. The number of carbonyl (C=O) groups is 1. The quantitative estimate of drug-likeness (QED) is 0.632. The first-order valence-corrected chi connectivity index (χ1v) is 6.22. The molecule has 0 aliphatic carbocycles. The van der Waals surface area contributed by atoms with Gasteiger partial charge in [-0.15, -0.1) is 11.8 Å². The molecule has 0 spiro atoms. The van der Waals surface area contributed by atoms with Crippen LogP contribution in [0.15, 0.2) is 0 Å². The van der Waals surface area contributed by atoms with E-state index in [1.807, 2.05) is 6.92 Å². The summed E-state index contributed by atoms with van der Waals surface area (Å²) in [5.74, 6) is 1.62. The van der Waals surface area contributed by atoms with Crippen LogP contribution in [0, 0.1) is 5.92 Å². The molecular formula is C10H22N2OS. The number of rotatable bonds is 7. The third-order valence-corrected chi connectivity index (χ3v) is 3.01. The Hall–Kier alpha value is -0.220. The van der Waals surface area contributed by atoms with E-state index in [9.17, 15) is 4.79 Å². The van der Waals surface area contributed by atoms with E-state index in [1.54, 1.807) is 11.8 Å². The van der Waals surface area contributed by atoms with Gasteiger partial charge < -0.3 is 11.1 Å². The zero-order valence-corrected chi connectivity index (χ0v) is 10.2. The van der Waals surface area contributed by atoms with Crippen LogP contribution in [0.3, 0.4) is 0 Å². The standard InChI is InChI=1S/C10H22N2OS/c1-8(2)7-12-10(13)9(3)14-6-4-5-11/h8-9H,4-7,11H2,1-3H3,(H,12,13). The summed E-state index contributed by atoms with van der Waals surface area (Å²) in [5, 5.41) is 2.96. The Bertz CT molecular complexity index is 162. The second-order valence-corrected chi connectivity index (χ2v) is 5.24. The smallest absolute Gasteiger partial charge is 0.232 e. The molecule has 1 amide bonds. The van der Waals surface area contributed by atoms with E-state index in [0.29, 0.717) is 12.5 Å². The number of carbonyl (C=O) groups excluding carboxylic acids is 1. The average Bonchev–Trinajstić information content (AvgIpc) is 2.14. The van der Waals surface area contributed by atoms with Crippen LogP contribution in [-0.2, 0) is 4.79 Å². The van der Waals surface area contributed by atoms with Gasteiger partial charge in [-0.3, -0.25) is 4.79 Å². The molecular weight excluding hydrogens is 196 g/mol. The monoisotopic (exact) mass is 218 g/mol. The van der Waals surface area contributed by atoms with Crippen LogP contribution in [0.1, 0.15) is 27.2 Å². The third-order valence-electron chi connectivity index (χ3n) is 1.77. The lowest BCUT2D eigenvalue weighted by Gasteiger charge is -2.12.